The number of aliphatic hydroxyl groups is 1. The third-order valence-corrected chi connectivity index (χ3v) is 3.34. The third kappa shape index (κ3) is 3.24. The van der Waals surface area contributed by atoms with Gasteiger partial charge in [-0.25, -0.2) is 4.79 Å². The summed E-state index contributed by atoms with van der Waals surface area (Å²) in [7, 11) is 0. The van der Waals surface area contributed by atoms with E-state index in [-0.39, 0.29) is 12.0 Å². The number of hydrogen-bond acceptors (Lipinski definition) is 5. The standard InChI is InChI=1S/C14H20N2O3/c1-2-19-14(18)10-4-3-5-11(8-10)16-7-6-13(17)12(15)9-16/h3-5,8,12-13,17H,2,6-7,9,15H2,1H3/t12-,13-/m1/s1. The summed E-state index contributed by atoms with van der Waals surface area (Å²) in [5.41, 5.74) is 7.35. The summed E-state index contributed by atoms with van der Waals surface area (Å²) in [6.07, 6.45) is 0.203. The molecule has 19 heavy (non-hydrogen) atoms. The summed E-state index contributed by atoms with van der Waals surface area (Å²) >= 11 is 0. The molecule has 0 spiro atoms. The van der Waals surface area contributed by atoms with Gasteiger partial charge in [-0.3, -0.25) is 0 Å². The molecule has 3 N–H and O–H groups in total. The fourth-order valence-corrected chi connectivity index (χ4v) is 2.25. The van der Waals surface area contributed by atoms with Crippen molar-refractivity contribution in [2.75, 3.05) is 24.6 Å². The fourth-order valence-electron chi connectivity index (χ4n) is 2.25. The topological polar surface area (TPSA) is 75.8 Å². The Balaban J connectivity index is 2.12. The van der Waals surface area contributed by atoms with Crippen LogP contribution in [0.4, 0.5) is 5.69 Å². The highest BCUT2D eigenvalue weighted by Gasteiger charge is 2.25. The normalized spacial score (nSPS) is 23.2. The number of nitrogens with zero attached hydrogens (tertiary/aromatic N) is 1. The smallest absolute Gasteiger partial charge is 0.338 e. The maximum atomic E-state index is 11.7. The molecule has 2 atom stereocenters. The molecular weight excluding hydrogens is 244 g/mol. The van der Waals surface area contributed by atoms with Crippen molar-refractivity contribution >= 4 is 11.7 Å². The van der Waals surface area contributed by atoms with Gasteiger partial charge in [0, 0.05) is 24.8 Å². The van der Waals surface area contributed by atoms with Crippen LogP contribution < -0.4 is 10.6 Å². The van der Waals surface area contributed by atoms with Gasteiger partial charge in [-0.15, -0.1) is 0 Å². The van der Waals surface area contributed by atoms with Crippen molar-refractivity contribution in [1.29, 1.82) is 0 Å². The Labute approximate surface area is 113 Å². The molecule has 0 unspecified atom stereocenters. The quantitative estimate of drug-likeness (QED) is 0.788. The van der Waals surface area contributed by atoms with Crippen molar-refractivity contribution in [3.8, 4) is 0 Å². The number of rotatable bonds is 3. The highest BCUT2D eigenvalue weighted by molar-refractivity contribution is 5.90. The first-order valence-electron chi connectivity index (χ1n) is 6.57. The second kappa shape index (κ2) is 6.04. The van der Waals surface area contributed by atoms with Crippen LogP contribution in [0.15, 0.2) is 24.3 Å². The Morgan fingerprint density at radius 3 is 3.05 bits per heavy atom. The highest BCUT2D eigenvalue weighted by atomic mass is 16.5. The summed E-state index contributed by atoms with van der Waals surface area (Å²) in [5, 5.41) is 9.63. The number of esters is 1. The molecule has 5 heteroatoms. The molecule has 1 aliphatic rings. The molecule has 0 bridgehead atoms. The van der Waals surface area contributed by atoms with Crippen LogP contribution in [-0.2, 0) is 4.74 Å². The van der Waals surface area contributed by atoms with Crippen LogP contribution in [0.1, 0.15) is 23.7 Å². The molecule has 104 valence electrons. The van der Waals surface area contributed by atoms with E-state index in [4.69, 9.17) is 10.5 Å². The number of ether oxygens (including phenoxy) is 1. The van der Waals surface area contributed by atoms with E-state index in [1.807, 2.05) is 18.2 Å². The van der Waals surface area contributed by atoms with Crippen LogP contribution in [0, 0.1) is 0 Å². The minimum atomic E-state index is -0.440. The fraction of sp³-hybridized carbons (Fsp3) is 0.500. The van der Waals surface area contributed by atoms with Crippen molar-refractivity contribution in [2.24, 2.45) is 5.73 Å². The van der Waals surface area contributed by atoms with Gasteiger partial charge in [0.15, 0.2) is 0 Å². The van der Waals surface area contributed by atoms with Gasteiger partial charge in [0.05, 0.1) is 18.3 Å². The highest BCUT2D eigenvalue weighted by Crippen LogP contribution is 2.21. The summed E-state index contributed by atoms with van der Waals surface area (Å²) in [6.45, 7) is 3.48. The van der Waals surface area contributed by atoms with E-state index in [1.165, 1.54) is 0 Å². The van der Waals surface area contributed by atoms with Crippen LogP contribution in [-0.4, -0.2) is 42.9 Å². The Hall–Kier alpha value is -1.59. The van der Waals surface area contributed by atoms with E-state index >= 15 is 0 Å². The number of carbonyl (C=O) groups excluding carboxylic acids is 1. The summed E-state index contributed by atoms with van der Waals surface area (Å²) < 4.78 is 4.99. The van der Waals surface area contributed by atoms with Crippen molar-refractivity contribution in [3.63, 3.8) is 0 Å². The number of carbonyl (C=O) groups is 1. The number of hydrogen-bond donors (Lipinski definition) is 2. The first-order valence-corrected chi connectivity index (χ1v) is 6.57. The predicted molar refractivity (Wildman–Crippen MR) is 73.2 cm³/mol. The molecule has 0 amide bonds. The zero-order valence-electron chi connectivity index (χ0n) is 11.1. The minimum Gasteiger partial charge on any atom is -0.462 e. The van der Waals surface area contributed by atoms with Gasteiger partial charge in [-0.2, -0.15) is 0 Å². The Morgan fingerprint density at radius 1 is 1.58 bits per heavy atom. The van der Waals surface area contributed by atoms with Gasteiger partial charge in [0.1, 0.15) is 0 Å². The van der Waals surface area contributed by atoms with Crippen molar-refractivity contribution < 1.29 is 14.6 Å². The van der Waals surface area contributed by atoms with Gasteiger partial charge in [-0.1, -0.05) is 6.07 Å². The van der Waals surface area contributed by atoms with Crippen LogP contribution in [0.5, 0.6) is 0 Å². The van der Waals surface area contributed by atoms with E-state index in [1.54, 1.807) is 13.0 Å². The predicted octanol–water partition coefficient (Wildman–Crippen LogP) is 0.762. The molecule has 1 saturated heterocycles. The zero-order valence-corrected chi connectivity index (χ0v) is 11.1. The van der Waals surface area contributed by atoms with Crippen molar-refractivity contribution in [1.82, 2.24) is 0 Å². The first kappa shape index (κ1) is 13.8. The van der Waals surface area contributed by atoms with E-state index in [0.717, 1.165) is 12.2 Å². The lowest BCUT2D eigenvalue weighted by molar-refractivity contribution is 0.0526. The second-order valence-corrected chi connectivity index (χ2v) is 4.74. The number of piperidine rings is 1. The van der Waals surface area contributed by atoms with Crippen LogP contribution in [0.25, 0.3) is 0 Å². The molecule has 1 fully saturated rings. The van der Waals surface area contributed by atoms with Gasteiger partial charge in [-0.05, 0) is 31.5 Å². The number of aliphatic hydroxyl groups excluding tert-OH is 1. The summed E-state index contributed by atoms with van der Waals surface area (Å²) in [6, 6.07) is 7.06. The lowest BCUT2D eigenvalue weighted by Gasteiger charge is -2.35. The van der Waals surface area contributed by atoms with Crippen LogP contribution >= 0.6 is 0 Å². The number of nitrogens with two attached hydrogens (primary N) is 1. The Bertz CT molecular complexity index is 450. The second-order valence-electron chi connectivity index (χ2n) is 4.74. The average molecular weight is 264 g/mol. The lowest BCUT2D eigenvalue weighted by Crippen LogP contribution is -2.51. The first-order chi connectivity index (χ1) is 9.11. The van der Waals surface area contributed by atoms with E-state index < -0.39 is 6.10 Å². The molecule has 0 radical (unpaired) electrons. The molecule has 0 saturated carbocycles. The van der Waals surface area contributed by atoms with Crippen molar-refractivity contribution in [3.05, 3.63) is 29.8 Å². The van der Waals surface area contributed by atoms with Gasteiger partial charge in [0.25, 0.3) is 0 Å². The summed E-state index contributed by atoms with van der Waals surface area (Å²) in [5.74, 6) is -0.314. The minimum absolute atomic E-state index is 0.250. The van der Waals surface area contributed by atoms with Gasteiger partial charge in [0.2, 0.25) is 0 Å². The van der Waals surface area contributed by atoms with Crippen LogP contribution in [0.2, 0.25) is 0 Å². The van der Waals surface area contributed by atoms with E-state index in [9.17, 15) is 9.90 Å². The molecule has 2 rings (SSSR count). The van der Waals surface area contributed by atoms with Crippen LogP contribution in [0.3, 0.4) is 0 Å². The van der Waals surface area contributed by atoms with E-state index in [0.29, 0.717) is 25.1 Å². The third-order valence-electron chi connectivity index (χ3n) is 3.34. The molecule has 0 aliphatic carbocycles. The molecule has 1 heterocycles. The Morgan fingerprint density at radius 2 is 2.37 bits per heavy atom. The maximum absolute atomic E-state index is 11.7. The molecule has 1 aliphatic heterocycles. The summed E-state index contributed by atoms with van der Waals surface area (Å²) in [4.78, 5) is 13.8. The zero-order chi connectivity index (χ0) is 13.8. The largest absolute Gasteiger partial charge is 0.462 e. The lowest BCUT2D eigenvalue weighted by atomic mass is 10.0. The number of benzene rings is 1. The SMILES string of the molecule is CCOC(=O)c1cccc(N2CC[C@@H](O)[C@H](N)C2)c1. The van der Waals surface area contributed by atoms with Gasteiger partial charge < -0.3 is 20.5 Å². The molecular formula is C14H20N2O3. The Kier molecular flexibility index (Phi) is 4.39. The van der Waals surface area contributed by atoms with Gasteiger partial charge >= 0.3 is 5.97 Å². The number of anilines is 1. The van der Waals surface area contributed by atoms with Crippen molar-refractivity contribution in [2.45, 2.75) is 25.5 Å². The molecule has 0 aromatic heterocycles. The van der Waals surface area contributed by atoms with E-state index in [2.05, 4.69) is 4.90 Å². The molecule has 5 nitrogen and oxygen atoms in total. The average Bonchev–Trinajstić information content (AvgIpc) is 2.42. The maximum Gasteiger partial charge on any atom is 0.338 e. The monoisotopic (exact) mass is 264 g/mol. The molecule has 1 aromatic rings. The molecule has 1 aromatic carbocycles.